The van der Waals surface area contributed by atoms with E-state index in [0.717, 1.165) is 37.9 Å². The lowest BCUT2D eigenvalue weighted by molar-refractivity contribution is 0.0851. The Morgan fingerprint density at radius 1 is 1.06 bits per heavy atom. The first-order valence-electron chi connectivity index (χ1n) is 8.09. The van der Waals surface area contributed by atoms with Gasteiger partial charge in [-0.25, -0.2) is 0 Å². The lowest BCUT2D eigenvalue weighted by Gasteiger charge is -2.28. The Morgan fingerprint density at radius 2 is 1.67 bits per heavy atom. The fraction of sp³-hybridized carbons (Fsp3) is 1.00. The molecule has 0 amide bonds. The van der Waals surface area contributed by atoms with Crippen LogP contribution in [0.1, 0.15) is 65.7 Å². The summed E-state index contributed by atoms with van der Waals surface area (Å²) >= 11 is 0. The fourth-order valence-corrected chi connectivity index (χ4v) is 3.25. The predicted molar refractivity (Wildman–Crippen MR) is 78.8 cm³/mol. The number of aliphatic hydroxyl groups excluding tert-OH is 1. The van der Waals surface area contributed by atoms with Crippen molar-refractivity contribution in [3.05, 3.63) is 0 Å². The first-order valence-corrected chi connectivity index (χ1v) is 8.09. The van der Waals surface area contributed by atoms with E-state index in [2.05, 4.69) is 25.7 Å². The molecule has 1 aliphatic rings. The van der Waals surface area contributed by atoms with Crippen LogP contribution in [0, 0.1) is 11.8 Å². The van der Waals surface area contributed by atoms with E-state index in [1.165, 1.54) is 38.5 Å². The van der Waals surface area contributed by atoms with Crippen molar-refractivity contribution < 1.29 is 5.11 Å². The summed E-state index contributed by atoms with van der Waals surface area (Å²) in [7, 11) is 0. The molecule has 1 rings (SSSR count). The van der Waals surface area contributed by atoms with E-state index < -0.39 is 0 Å². The normalized spacial score (nSPS) is 19.0. The standard InChI is InChI=1S/C16H33NO/c1-4-14(5-2)12-17(6-3)13-16(18)11-15-9-7-8-10-15/h14-16,18H,4-13H2,1-3H3. The number of aliphatic hydroxyl groups is 1. The molecule has 0 spiro atoms. The van der Waals surface area contributed by atoms with Gasteiger partial charge in [0.05, 0.1) is 6.10 Å². The zero-order valence-electron chi connectivity index (χ0n) is 12.7. The lowest BCUT2D eigenvalue weighted by atomic mass is 9.99. The third-order valence-electron chi connectivity index (χ3n) is 4.67. The molecule has 1 atom stereocenters. The number of rotatable bonds is 9. The van der Waals surface area contributed by atoms with Gasteiger partial charge in [-0.15, -0.1) is 0 Å². The molecule has 1 unspecified atom stereocenters. The van der Waals surface area contributed by atoms with Crippen molar-refractivity contribution in [1.29, 1.82) is 0 Å². The molecule has 2 heteroatoms. The van der Waals surface area contributed by atoms with Crippen molar-refractivity contribution in [3.63, 3.8) is 0 Å². The Morgan fingerprint density at radius 3 is 2.17 bits per heavy atom. The number of hydrogen-bond donors (Lipinski definition) is 1. The smallest absolute Gasteiger partial charge is 0.0669 e. The van der Waals surface area contributed by atoms with Crippen molar-refractivity contribution in [1.82, 2.24) is 4.90 Å². The van der Waals surface area contributed by atoms with Crippen LogP contribution in [-0.2, 0) is 0 Å². The van der Waals surface area contributed by atoms with E-state index in [9.17, 15) is 5.11 Å². The summed E-state index contributed by atoms with van der Waals surface area (Å²) in [6.07, 6.45) is 8.87. The van der Waals surface area contributed by atoms with Gasteiger partial charge in [-0.1, -0.05) is 59.3 Å². The maximum Gasteiger partial charge on any atom is 0.0669 e. The number of likely N-dealkylation sites (N-methyl/N-ethyl adjacent to an activating group) is 1. The van der Waals surface area contributed by atoms with Gasteiger partial charge in [0, 0.05) is 13.1 Å². The molecule has 1 N–H and O–H groups in total. The van der Waals surface area contributed by atoms with Gasteiger partial charge in [0.2, 0.25) is 0 Å². The summed E-state index contributed by atoms with van der Waals surface area (Å²) in [6, 6.07) is 0. The van der Waals surface area contributed by atoms with Gasteiger partial charge in [0.1, 0.15) is 0 Å². The van der Waals surface area contributed by atoms with Gasteiger partial charge in [-0.3, -0.25) is 0 Å². The average molecular weight is 255 g/mol. The van der Waals surface area contributed by atoms with Gasteiger partial charge < -0.3 is 10.0 Å². The maximum atomic E-state index is 10.2. The topological polar surface area (TPSA) is 23.5 Å². The second kappa shape index (κ2) is 8.92. The van der Waals surface area contributed by atoms with Crippen molar-refractivity contribution in [2.75, 3.05) is 19.6 Å². The molecule has 0 aliphatic heterocycles. The summed E-state index contributed by atoms with van der Waals surface area (Å²) < 4.78 is 0. The Bertz CT molecular complexity index is 197. The van der Waals surface area contributed by atoms with E-state index in [1.54, 1.807) is 0 Å². The molecule has 1 saturated carbocycles. The summed E-state index contributed by atoms with van der Waals surface area (Å²) in [6.45, 7) is 9.87. The van der Waals surface area contributed by atoms with E-state index >= 15 is 0 Å². The molecule has 0 radical (unpaired) electrons. The molecule has 0 aromatic heterocycles. The van der Waals surface area contributed by atoms with Crippen molar-refractivity contribution in [3.8, 4) is 0 Å². The molecule has 1 fully saturated rings. The first kappa shape index (κ1) is 16.0. The van der Waals surface area contributed by atoms with Gasteiger partial charge in [-0.2, -0.15) is 0 Å². The van der Waals surface area contributed by atoms with Gasteiger partial charge in [-0.05, 0) is 24.8 Å². The molecular weight excluding hydrogens is 222 g/mol. The maximum absolute atomic E-state index is 10.2. The highest BCUT2D eigenvalue weighted by molar-refractivity contribution is 4.74. The third-order valence-corrected chi connectivity index (χ3v) is 4.67. The van der Waals surface area contributed by atoms with E-state index in [4.69, 9.17) is 0 Å². The average Bonchev–Trinajstić information content (AvgIpc) is 2.87. The second-order valence-electron chi connectivity index (χ2n) is 6.07. The minimum atomic E-state index is -0.109. The number of hydrogen-bond acceptors (Lipinski definition) is 2. The fourth-order valence-electron chi connectivity index (χ4n) is 3.25. The highest BCUT2D eigenvalue weighted by Crippen LogP contribution is 2.28. The highest BCUT2D eigenvalue weighted by atomic mass is 16.3. The van der Waals surface area contributed by atoms with Crippen LogP contribution in [0.15, 0.2) is 0 Å². The van der Waals surface area contributed by atoms with Gasteiger partial charge in [0.15, 0.2) is 0 Å². The Labute approximate surface area is 114 Å². The Hall–Kier alpha value is -0.0800. The molecular formula is C16H33NO. The Balaban J connectivity index is 2.27. The minimum absolute atomic E-state index is 0.109. The first-order chi connectivity index (χ1) is 8.69. The third kappa shape index (κ3) is 5.71. The van der Waals surface area contributed by atoms with Crippen LogP contribution in [0.25, 0.3) is 0 Å². The molecule has 0 aromatic carbocycles. The molecule has 0 saturated heterocycles. The van der Waals surface area contributed by atoms with Crippen molar-refractivity contribution >= 4 is 0 Å². The monoisotopic (exact) mass is 255 g/mol. The number of nitrogens with zero attached hydrogens (tertiary/aromatic N) is 1. The van der Waals surface area contributed by atoms with E-state index in [-0.39, 0.29) is 6.10 Å². The van der Waals surface area contributed by atoms with Gasteiger partial charge >= 0.3 is 0 Å². The molecule has 2 nitrogen and oxygen atoms in total. The van der Waals surface area contributed by atoms with Crippen LogP contribution in [0.5, 0.6) is 0 Å². The SMILES string of the molecule is CCC(CC)CN(CC)CC(O)CC1CCCC1. The zero-order valence-corrected chi connectivity index (χ0v) is 12.7. The minimum Gasteiger partial charge on any atom is -0.392 e. The van der Waals surface area contributed by atoms with Crippen molar-refractivity contribution in [2.24, 2.45) is 11.8 Å². The van der Waals surface area contributed by atoms with Gasteiger partial charge in [0.25, 0.3) is 0 Å². The quantitative estimate of drug-likeness (QED) is 0.679. The van der Waals surface area contributed by atoms with Crippen LogP contribution >= 0.6 is 0 Å². The zero-order chi connectivity index (χ0) is 13.4. The molecule has 0 aromatic rings. The molecule has 18 heavy (non-hydrogen) atoms. The van der Waals surface area contributed by atoms with Crippen LogP contribution in [0.4, 0.5) is 0 Å². The van der Waals surface area contributed by atoms with Crippen LogP contribution in [0.3, 0.4) is 0 Å². The van der Waals surface area contributed by atoms with E-state index in [1.807, 2.05) is 0 Å². The molecule has 1 aliphatic carbocycles. The Kier molecular flexibility index (Phi) is 7.92. The van der Waals surface area contributed by atoms with Crippen LogP contribution < -0.4 is 0 Å². The van der Waals surface area contributed by atoms with Crippen molar-refractivity contribution in [2.45, 2.75) is 71.8 Å². The lowest BCUT2D eigenvalue weighted by Crippen LogP contribution is -2.36. The summed E-state index contributed by atoms with van der Waals surface area (Å²) in [5.41, 5.74) is 0. The highest BCUT2D eigenvalue weighted by Gasteiger charge is 2.20. The molecule has 0 heterocycles. The largest absolute Gasteiger partial charge is 0.392 e. The van der Waals surface area contributed by atoms with Crippen LogP contribution in [0.2, 0.25) is 0 Å². The molecule has 108 valence electrons. The molecule has 0 bridgehead atoms. The van der Waals surface area contributed by atoms with E-state index in [0.29, 0.717) is 0 Å². The summed E-state index contributed by atoms with van der Waals surface area (Å²) in [5.74, 6) is 1.59. The second-order valence-corrected chi connectivity index (χ2v) is 6.07. The van der Waals surface area contributed by atoms with Crippen LogP contribution in [-0.4, -0.2) is 35.7 Å². The summed E-state index contributed by atoms with van der Waals surface area (Å²) in [4.78, 5) is 2.44. The summed E-state index contributed by atoms with van der Waals surface area (Å²) in [5, 5.41) is 10.2. The predicted octanol–water partition coefficient (Wildman–Crippen LogP) is 3.69.